The molecule has 0 aliphatic carbocycles. The first-order valence-electron chi connectivity index (χ1n) is 6.90. The van der Waals surface area contributed by atoms with Gasteiger partial charge in [0.05, 0.1) is 12.7 Å². The van der Waals surface area contributed by atoms with Crippen LogP contribution in [0.25, 0.3) is 0 Å². The minimum Gasteiger partial charge on any atom is -0.493 e. The maximum Gasteiger partial charge on any atom is 0.387 e. The zero-order valence-electron chi connectivity index (χ0n) is 12.5. The number of hydrogen-bond donors (Lipinski definition) is 1. The Morgan fingerprint density at radius 3 is 2.48 bits per heavy atom. The van der Waals surface area contributed by atoms with Crippen molar-refractivity contribution in [3.05, 3.63) is 23.8 Å². The third-order valence-electron chi connectivity index (χ3n) is 3.92. The van der Waals surface area contributed by atoms with Gasteiger partial charge in [-0.3, -0.25) is 4.90 Å². The van der Waals surface area contributed by atoms with Crippen LogP contribution in [-0.4, -0.2) is 42.4 Å². The lowest BCUT2D eigenvalue weighted by Gasteiger charge is -2.49. The fourth-order valence-electron chi connectivity index (χ4n) is 2.47. The van der Waals surface area contributed by atoms with E-state index in [1.165, 1.54) is 13.2 Å². The third-order valence-corrected chi connectivity index (χ3v) is 3.92. The summed E-state index contributed by atoms with van der Waals surface area (Å²) < 4.78 is 34.0. The second kappa shape index (κ2) is 6.15. The Hall–Kier alpha value is -1.40. The lowest BCUT2D eigenvalue weighted by atomic mass is 9.83. The van der Waals surface area contributed by atoms with Crippen LogP contribution in [0, 0.1) is 5.92 Å². The Kier molecular flexibility index (Phi) is 4.68. The molecule has 1 fully saturated rings. The van der Waals surface area contributed by atoms with Crippen LogP contribution < -0.4 is 9.47 Å². The summed E-state index contributed by atoms with van der Waals surface area (Å²) >= 11 is 0. The van der Waals surface area contributed by atoms with Crippen molar-refractivity contribution in [2.45, 2.75) is 32.6 Å². The van der Waals surface area contributed by atoms with Crippen molar-refractivity contribution in [2.75, 3.05) is 20.2 Å². The molecule has 0 radical (unpaired) electrons. The number of β-amino-alcohol motifs (C(OH)–C–C–N with tert-alkyl or cyclic N) is 1. The molecule has 1 aliphatic rings. The van der Waals surface area contributed by atoms with E-state index in [0.29, 0.717) is 19.6 Å². The molecule has 0 saturated carbocycles. The number of likely N-dealkylation sites (tertiary alicyclic amines) is 1. The molecular weight excluding hydrogens is 280 g/mol. The molecule has 0 amide bonds. The maximum atomic E-state index is 12.3. The van der Waals surface area contributed by atoms with Crippen molar-refractivity contribution in [3.63, 3.8) is 0 Å². The Bertz CT molecular complexity index is 488. The van der Waals surface area contributed by atoms with Gasteiger partial charge in [-0.2, -0.15) is 8.78 Å². The monoisotopic (exact) mass is 301 g/mol. The molecule has 0 aromatic heterocycles. The lowest BCUT2D eigenvalue weighted by Crippen LogP contribution is -2.63. The van der Waals surface area contributed by atoms with E-state index in [1.807, 2.05) is 13.8 Å². The second-order valence-corrected chi connectivity index (χ2v) is 5.77. The molecule has 6 heteroatoms. The second-order valence-electron chi connectivity index (χ2n) is 5.77. The molecule has 0 unspecified atom stereocenters. The van der Waals surface area contributed by atoms with E-state index in [1.54, 1.807) is 12.1 Å². The number of benzene rings is 1. The van der Waals surface area contributed by atoms with Gasteiger partial charge in [0.1, 0.15) is 0 Å². The van der Waals surface area contributed by atoms with Crippen molar-refractivity contribution in [1.82, 2.24) is 4.90 Å². The minimum absolute atomic E-state index is 0.0264. The van der Waals surface area contributed by atoms with Gasteiger partial charge in [0.2, 0.25) is 0 Å². The summed E-state index contributed by atoms with van der Waals surface area (Å²) in [6.45, 7) is 2.99. The molecule has 2 rings (SSSR count). The molecule has 0 spiro atoms. The van der Waals surface area contributed by atoms with Crippen LogP contribution in [0.3, 0.4) is 0 Å². The van der Waals surface area contributed by atoms with E-state index in [4.69, 9.17) is 4.74 Å². The van der Waals surface area contributed by atoms with E-state index in [0.717, 1.165) is 5.56 Å². The van der Waals surface area contributed by atoms with Crippen molar-refractivity contribution >= 4 is 0 Å². The fourth-order valence-corrected chi connectivity index (χ4v) is 2.47. The molecular formula is C15H21F2NO3. The van der Waals surface area contributed by atoms with Gasteiger partial charge in [-0.05, 0) is 23.6 Å². The first-order valence-corrected chi connectivity index (χ1v) is 6.90. The van der Waals surface area contributed by atoms with Gasteiger partial charge >= 0.3 is 6.61 Å². The zero-order valence-corrected chi connectivity index (χ0v) is 12.5. The Morgan fingerprint density at radius 2 is 1.95 bits per heavy atom. The maximum absolute atomic E-state index is 12.3. The van der Waals surface area contributed by atoms with Crippen LogP contribution in [-0.2, 0) is 6.54 Å². The highest BCUT2D eigenvalue weighted by atomic mass is 19.3. The number of ether oxygens (including phenoxy) is 2. The standard InChI is InChI=1S/C15H21F2NO3/c1-10(2)15(19)8-18(9-15)7-11-4-5-12(21-14(16)17)13(6-11)20-3/h4-6,10,14,19H,7-9H2,1-3H3. The third kappa shape index (κ3) is 3.63. The fraction of sp³-hybridized carbons (Fsp3) is 0.600. The van der Waals surface area contributed by atoms with Gasteiger partial charge in [0.25, 0.3) is 0 Å². The quantitative estimate of drug-likeness (QED) is 0.876. The normalized spacial score (nSPS) is 17.9. The average Bonchev–Trinajstić information content (AvgIpc) is 2.37. The highest BCUT2D eigenvalue weighted by molar-refractivity contribution is 5.43. The number of rotatable bonds is 6. The van der Waals surface area contributed by atoms with Crippen molar-refractivity contribution in [2.24, 2.45) is 5.92 Å². The number of hydrogen-bond acceptors (Lipinski definition) is 4. The first-order chi connectivity index (χ1) is 9.84. The molecule has 1 aromatic rings. The Balaban J connectivity index is 1.99. The molecule has 1 aromatic carbocycles. The number of methoxy groups -OCH3 is 1. The summed E-state index contributed by atoms with van der Waals surface area (Å²) in [4.78, 5) is 2.10. The van der Waals surface area contributed by atoms with Crippen LogP contribution in [0.1, 0.15) is 19.4 Å². The first kappa shape index (κ1) is 16.0. The van der Waals surface area contributed by atoms with Crippen LogP contribution in [0.15, 0.2) is 18.2 Å². The molecule has 1 aliphatic heterocycles. The van der Waals surface area contributed by atoms with Crippen molar-refractivity contribution < 1.29 is 23.4 Å². The molecule has 1 N–H and O–H groups in total. The predicted molar refractivity (Wildman–Crippen MR) is 74.7 cm³/mol. The molecule has 0 bridgehead atoms. The van der Waals surface area contributed by atoms with Gasteiger partial charge in [0.15, 0.2) is 11.5 Å². The van der Waals surface area contributed by atoms with Crippen molar-refractivity contribution in [1.29, 1.82) is 0 Å². The summed E-state index contributed by atoms with van der Waals surface area (Å²) in [5.41, 5.74) is 0.308. The van der Waals surface area contributed by atoms with Gasteiger partial charge < -0.3 is 14.6 Å². The molecule has 0 atom stereocenters. The number of aliphatic hydroxyl groups is 1. The van der Waals surface area contributed by atoms with Crippen molar-refractivity contribution in [3.8, 4) is 11.5 Å². The lowest BCUT2D eigenvalue weighted by molar-refractivity contribution is -0.130. The number of nitrogens with zero attached hydrogens (tertiary/aromatic N) is 1. The van der Waals surface area contributed by atoms with Gasteiger partial charge in [0, 0.05) is 19.6 Å². The molecule has 4 nitrogen and oxygen atoms in total. The summed E-state index contributed by atoms with van der Waals surface area (Å²) in [5, 5.41) is 10.2. The Labute approximate surface area is 123 Å². The molecule has 1 saturated heterocycles. The molecule has 118 valence electrons. The summed E-state index contributed by atoms with van der Waals surface area (Å²) in [6.07, 6.45) is 0. The topological polar surface area (TPSA) is 41.9 Å². The van der Waals surface area contributed by atoms with E-state index in [9.17, 15) is 13.9 Å². The zero-order chi connectivity index (χ0) is 15.6. The van der Waals surface area contributed by atoms with Crippen LogP contribution in [0.5, 0.6) is 11.5 Å². The molecule has 21 heavy (non-hydrogen) atoms. The van der Waals surface area contributed by atoms with Gasteiger partial charge in [-0.25, -0.2) is 0 Å². The average molecular weight is 301 g/mol. The predicted octanol–water partition coefficient (Wildman–Crippen LogP) is 2.50. The van der Waals surface area contributed by atoms with Crippen LogP contribution in [0.2, 0.25) is 0 Å². The summed E-state index contributed by atoms with van der Waals surface area (Å²) in [7, 11) is 1.42. The number of alkyl halides is 2. The van der Waals surface area contributed by atoms with Gasteiger partial charge in [-0.15, -0.1) is 0 Å². The van der Waals surface area contributed by atoms with E-state index in [2.05, 4.69) is 9.64 Å². The molecule has 1 heterocycles. The summed E-state index contributed by atoms with van der Waals surface area (Å²) in [5.74, 6) is 0.524. The van der Waals surface area contributed by atoms with E-state index < -0.39 is 12.2 Å². The highest BCUT2D eigenvalue weighted by Crippen LogP contribution is 2.33. The van der Waals surface area contributed by atoms with Crippen LogP contribution in [0.4, 0.5) is 8.78 Å². The number of halogens is 2. The van der Waals surface area contributed by atoms with E-state index >= 15 is 0 Å². The van der Waals surface area contributed by atoms with E-state index in [-0.39, 0.29) is 17.4 Å². The highest BCUT2D eigenvalue weighted by Gasteiger charge is 2.43. The smallest absolute Gasteiger partial charge is 0.387 e. The van der Waals surface area contributed by atoms with Crippen LogP contribution >= 0.6 is 0 Å². The SMILES string of the molecule is COc1cc(CN2CC(O)(C(C)C)C2)ccc1OC(F)F. The largest absolute Gasteiger partial charge is 0.493 e. The van der Waals surface area contributed by atoms with Gasteiger partial charge in [-0.1, -0.05) is 19.9 Å². The Morgan fingerprint density at radius 1 is 1.29 bits per heavy atom. The minimum atomic E-state index is -2.87. The summed E-state index contributed by atoms with van der Waals surface area (Å²) in [6, 6.07) is 4.90.